The van der Waals surface area contributed by atoms with Crippen LogP contribution in [0.1, 0.15) is 54.6 Å². The SMILES string of the molecule is NC(=O)c1[nH]cnc1OC(=O)C12CC3CC(C1)CC(c1ccc(Cl)cc1)(C3)C2. The minimum Gasteiger partial charge on any atom is -0.404 e. The van der Waals surface area contributed by atoms with Gasteiger partial charge in [-0.05, 0) is 73.5 Å². The second-order valence-corrected chi connectivity index (χ2v) is 9.30. The molecule has 4 saturated carbocycles. The fraction of sp³-hybridized carbons (Fsp3) is 0.476. The molecule has 1 amide bonds. The number of halogens is 1. The number of primary amides is 1. The molecule has 7 heteroatoms. The highest BCUT2D eigenvalue weighted by molar-refractivity contribution is 6.30. The third-order valence-corrected chi connectivity index (χ3v) is 7.24. The van der Waals surface area contributed by atoms with Crippen LogP contribution in [0.5, 0.6) is 5.88 Å². The highest BCUT2D eigenvalue weighted by Crippen LogP contribution is 2.66. The standard InChI is InChI=1S/C21H22ClN3O3/c22-15-3-1-14(2-4-15)20-6-12-5-13(7-20)9-21(8-12,10-20)19(27)28-18-16(17(23)26)24-11-25-18/h1-4,11-13H,5-10H2,(H2,23,26)(H,24,25). The van der Waals surface area contributed by atoms with E-state index in [1.165, 1.54) is 18.3 Å². The van der Waals surface area contributed by atoms with Gasteiger partial charge in [-0.15, -0.1) is 0 Å². The summed E-state index contributed by atoms with van der Waals surface area (Å²) < 4.78 is 5.63. The van der Waals surface area contributed by atoms with Gasteiger partial charge in [-0.3, -0.25) is 9.59 Å². The second kappa shape index (κ2) is 6.08. The van der Waals surface area contributed by atoms with E-state index in [2.05, 4.69) is 22.1 Å². The van der Waals surface area contributed by atoms with Gasteiger partial charge in [0, 0.05) is 5.02 Å². The maximum atomic E-state index is 13.3. The lowest BCUT2D eigenvalue weighted by Gasteiger charge is -2.61. The monoisotopic (exact) mass is 399 g/mol. The van der Waals surface area contributed by atoms with Crippen LogP contribution in [0.15, 0.2) is 30.6 Å². The molecule has 1 aromatic heterocycles. The number of imidazole rings is 1. The van der Waals surface area contributed by atoms with E-state index in [4.69, 9.17) is 22.1 Å². The molecule has 4 bridgehead atoms. The van der Waals surface area contributed by atoms with E-state index < -0.39 is 11.3 Å². The highest BCUT2D eigenvalue weighted by atomic mass is 35.5. The van der Waals surface area contributed by atoms with Crippen LogP contribution < -0.4 is 10.5 Å². The zero-order valence-electron chi connectivity index (χ0n) is 15.4. The van der Waals surface area contributed by atoms with Crippen molar-refractivity contribution in [2.24, 2.45) is 23.0 Å². The molecular formula is C21H22ClN3O3. The van der Waals surface area contributed by atoms with E-state index in [0.717, 1.165) is 37.1 Å². The number of hydrogen-bond donors (Lipinski definition) is 2. The number of rotatable bonds is 4. The minimum atomic E-state index is -0.691. The van der Waals surface area contributed by atoms with E-state index in [1.54, 1.807) is 0 Å². The van der Waals surface area contributed by atoms with Gasteiger partial charge < -0.3 is 15.5 Å². The predicted octanol–water partition coefficient (Wildman–Crippen LogP) is 3.61. The smallest absolute Gasteiger partial charge is 0.318 e. The normalized spacial score (nSPS) is 33.0. The average molecular weight is 400 g/mol. The van der Waals surface area contributed by atoms with Crippen LogP contribution in [-0.4, -0.2) is 21.8 Å². The molecule has 146 valence electrons. The van der Waals surface area contributed by atoms with Gasteiger partial charge in [0.05, 0.1) is 11.7 Å². The first-order valence-electron chi connectivity index (χ1n) is 9.71. The molecule has 2 atom stereocenters. The number of aromatic nitrogens is 2. The molecule has 28 heavy (non-hydrogen) atoms. The van der Waals surface area contributed by atoms with Crippen molar-refractivity contribution >= 4 is 23.5 Å². The van der Waals surface area contributed by atoms with Gasteiger partial charge in [0.15, 0.2) is 5.69 Å². The summed E-state index contributed by atoms with van der Waals surface area (Å²) in [6.45, 7) is 0. The molecule has 2 unspecified atom stereocenters. The average Bonchev–Trinajstić information content (AvgIpc) is 3.09. The Morgan fingerprint density at radius 2 is 1.82 bits per heavy atom. The Hall–Kier alpha value is -2.34. The molecule has 3 N–H and O–H groups in total. The lowest BCUT2D eigenvalue weighted by atomic mass is 9.43. The lowest BCUT2D eigenvalue weighted by molar-refractivity contribution is -0.164. The third-order valence-electron chi connectivity index (χ3n) is 6.99. The highest BCUT2D eigenvalue weighted by Gasteiger charge is 2.61. The zero-order chi connectivity index (χ0) is 19.5. The molecule has 6 rings (SSSR count). The van der Waals surface area contributed by atoms with Crippen molar-refractivity contribution in [2.45, 2.75) is 43.9 Å². The number of aromatic amines is 1. The number of nitrogens with one attached hydrogen (secondary N) is 1. The van der Waals surface area contributed by atoms with Crippen LogP contribution in [0.4, 0.5) is 0 Å². The summed E-state index contributed by atoms with van der Waals surface area (Å²) in [6, 6.07) is 8.08. The Kier molecular flexibility index (Phi) is 3.85. The number of ether oxygens (including phenoxy) is 1. The summed E-state index contributed by atoms with van der Waals surface area (Å²) in [5.74, 6) is 0.0327. The first kappa shape index (κ1) is 17.7. The Morgan fingerprint density at radius 1 is 1.14 bits per heavy atom. The number of nitrogens with two attached hydrogens (primary N) is 1. The maximum Gasteiger partial charge on any atom is 0.318 e. The van der Waals surface area contributed by atoms with E-state index in [-0.39, 0.29) is 23.0 Å². The Morgan fingerprint density at radius 3 is 2.46 bits per heavy atom. The van der Waals surface area contributed by atoms with Crippen LogP contribution in [-0.2, 0) is 10.2 Å². The van der Waals surface area contributed by atoms with Crippen molar-refractivity contribution in [3.63, 3.8) is 0 Å². The van der Waals surface area contributed by atoms with Crippen LogP contribution in [0.3, 0.4) is 0 Å². The van der Waals surface area contributed by atoms with Crippen LogP contribution in [0.2, 0.25) is 5.02 Å². The maximum absolute atomic E-state index is 13.3. The number of esters is 1. The zero-order valence-corrected chi connectivity index (χ0v) is 16.2. The van der Waals surface area contributed by atoms with Crippen molar-refractivity contribution in [2.75, 3.05) is 0 Å². The molecule has 0 saturated heterocycles. The van der Waals surface area contributed by atoms with Crippen molar-refractivity contribution < 1.29 is 14.3 Å². The fourth-order valence-electron chi connectivity index (χ4n) is 6.37. The molecule has 4 fully saturated rings. The molecule has 4 aliphatic carbocycles. The molecule has 0 radical (unpaired) electrons. The van der Waals surface area contributed by atoms with Crippen molar-refractivity contribution in [1.82, 2.24) is 9.97 Å². The topological polar surface area (TPSA) is 98.1 Å². The van der Waals surface area contributed by atoms with Crippen LogP contribution in [0.25, 0.3) is 0 Å². The van der Waals surface area contributed by atoms with Crippen molar-refractivity contribution in [3.8, 4) is 5.88 Å². The summed E-state index contributed by atoms with van der Waals surface area (Å²) >= 11 is 6.10. The van der Waals surface area contributed by atoms with E-state index in [0.29, 0.717) is 11.8 Å². The predicted molar refractivity (Wildman–Crippen MR) is 103 cm³/mol. The number of nitrogens with zero attached hydrogens (tertiary/aromatic N) is 1. The van der Waals surface area contributed by atoms with Crippen molar-refractivity contribution in [1.29, 1.82) is 0 Å². The summed E-state index contributed by atoms with van der Waals surface area (Å²) in [5, 5.41) is 0.722. The molecule has 0 aliphatic heterocycles. The number of H-pyrrole nitrogens is 1. The van der Waals surface area contributed by atoms with Gasteiger partial charge in [-0.2, -0.15) is 0 Å². The Balaban J connectivity index is 1.48. The number of amides is 1. The van der Waals surface area contributed by atoms with Crippen LogP contribution >= 0.6 is 11.6 Å². The summed E-state index contributed by atoms with van der Waals surface area (Å²) in [4.78, 5) is 31.5. The van der Waals surface area contributed by atoms with Crippen molar-refractivity contribution in [3.05, 3.63) is 46.9 Å². The minimum absolute atomic E-state index is 0.00815. The van der Waals surface area contributed by atoms with E-state index >= 15 is 0 Å². The molecular weight excluding hydrogens is 378 g/mol. The van der Waals surface area contributed by atoms with Gasteiger partial charge in [0.2, 0.25) is 0 Å². The van der Waals surface area contributed by atoms with Crippen LogP contribution in [0, 0.1) is 17.3 Å². The van der Waals surface area contributed by atoms with E-state index in [9.17, 15) is 9.59 Å². The second-order valence-electron chi connectivity index (χ2n) is 8.87. The Labute approximate surface area is 167 Å². The largest absolute Gasteiger partial charge is 0.404 e. The molecule has 1 heterocycles. The summed E-state index contributed by atoms with van der Waals surface area (Å²) in [5.41, 5.74) is 6.10. The summed E-state index contributed by atoms with van der Waals surface area (Å²) in [6.07, 6.45) is 7.16. The first-order valence-corrected chi connectivity index (χ1v) is 10.1. The molecule has 0 spiro atoms. The third kappa shape index (κ3) is 2.65. The number of hydrogen-bond acceptors (Lipinski definition) is 4. The first-order chi connectivity index (χ1) is 13.4. The molecule has 1 aromatic carbocycles. The molecule has 2 aromatic rings. The van der Waals surface area contributed by atoms with Gasteiger partial charge in [-0.25, -0.2) is 4.98 Å². The van der Waals surface area contributed by atoms with Gasteiger partial charge in [0.1, 0.15) is 0 Å². The quantitative estimate of drug-likeness (QED) is 0.767. The summed E-state index contributed by atoms with van der Waals surface area (Å²) in [7, 11) is 0. The number of carbonyl (C=O) groups excluding carboxylic acids is 2. The van der Waals surface area contributed by atoms with Gasteiger partial charge in [0.25, 0.3) is 11.8 Å². The van der Waals surface area contributed by atoms with Gasteiger partial charge >= 0.3 is 5.97 Å². The number of benzene rings is 1. The Bertz CT molecular complexity index is 938. The number of carbonyl (C=O) groups is 2. The van der Waals surface area contributed by atoms with E-state index in [1.807, 2.05) is 12.1 Å². The fourth-order valence-corrected chi connectivity index (χ4v) is 6.50. The molecule has 6 nitrogen and oxygen atoms in total. The van der Waals surface area contributed by atoms with Gasteiger partial charge in [-0.1, -0.05) is 23.7 Å². The molecule has 4 aliphatic rings. The lowest BCUT2D eigenvalue weighted by Crippen LogP contribution is -2.57.